The van der Waals surface area contributed by atoms with Crippen LogP contribution in [0.5, 0.6) is 0 Å². The van der Waals surface area contributed by atoms with E-state index >= 15 is 0 Å². The number of hydrogen-bond donors (Lipinski definition) is 1. The molecule has 8 nitrogen and oxygen atoms in total. The van der Waals surface area contributed by atoms with Crippen molar-refractivity contribution in [2.45, 2.75) is 50.2 Å². The molecule has 2 fully saturated rings. The van der Waals surface area contributed by atoms with Gasteiger partial charge in [-0.3, -0.25) is 0 Å². The Labute approximate surface area is 162 Å². The summed E-state index contributed by atoms with van der Waals surface area (Å²) in [6, 6.07) is -0.554. The average Bonchev–Trinajstić information content (AvgIpc) is 2.90. The van der Waals surface area contributed by atoms with Crippen LogP contribution in [0.3, 0.4) is 0 Å². The molecule has 1 N–H and O–H groups in total. The van der Waals surface area contributed by atoms with Crippen LogP contribution in [-0.2, 0) is 15.4 Å². The zero-order chi connectivity index (χ0) is 19.4. The number of piperidine rings is 1. The Morgan fingerprint density at radius 3 is 2.74 bits per heavy atom. The first kappa shape index (κ1) is 18.8. The molecule has 0 bridgehead atoms. The van der Waals surface area contributed by atoms with Crippen LogP contribution in [0.25, 0.3) is 5.52 Å². The van der Waals surface area contributed by atoms with E-state index in [1.54, 1.807) is 10.7 Å². The zero-order valence-corrected chi connectivity index (χ0v) is 16.8. The summed E-state index contributed by atoms with van der Waals surface area (Å²) < 4.78 is 40.6. The number of sulfonamides is 1. The molecule has 3 heterocycles. The number of hydrogen-bond acceptors (Lipinski definition) is 6. The van der Waals surface area contributed by atoms with E-state index in [2.05, 4.69) is 27.3 Å². The van der Waals surface area contributed by atoms with Crippen LogP contribution in [0.4, 0.5) is 10.3 Å². The van der Waals surface area contributed by atoms with Crippen LogP contribution in [0.1, 0.15) is 38.4 Å². The molecular formula is C16H22ClFN6O2S. The Morgan fingerprint density at radius 1 is 1.41 bits per heavy atom. The minimum Gasteiger partial charge on any atom is -0.347 e. The molecule has 11 heteroatoms. The molecule has 1 saturated carbocycles. The number of nitrogens with one attached hydrogen (secondary N) is 1. The molecule has 0 spiro atoms. The van der Waals surface area contributed by atoms with E-state index in [1.165, 1.54) is 0 Å². The third kappa shape index (κ3) is 3.38. The van der Waals surface area contributed by atoms with Gasteiger partial charge in [0, 0.05) is 18.5 Å². The van der Waals surface area contributed by atoms with Crippen LogP contribution in [0.2, 0.25) is 5.15 Å². The van der Waals surface area contributed by atoms with Crippen molar-refractivity contribution in [1.82, 2.24) is 23.9 Å². The van der Waals surface area contributed by atoms with Crippen molar-refractivity contribution in [2.24, 2.45) is 0 Å². The largest absolute Gasteiger partial charge is 0.347 e. The van der Waals surface area contributed by atoms with Gasteiger partial charge in [0.05, 0.1) is 18.5 Å². The molecule has 2 aromatic rings. The second kappa shape index (κ2) is 6.52. The molecule has 1 saturated heterocycles. The highest BCUT2D eigenvalue weighted by Gasteiger charge is 2.39. The van der Waals surface area contributed by atoms with Gasteiger partial charge in [0.1, 0.15) is 17.5 Å². The molecule has 2 aromatic heterocycles. The first-order valence-corrected chi connectivity index (χ1v) is 11.2. The number of fused-ring (bicyclic) bond motifs is 1. The molecule has 2 atom stereocenters. The van der Waals surface area contributed by atoms with Gasteiger partial charge in [-0.15, -0.1) is 5.10 Å². The first-order chi connectivity index (χ1) is 12.7. The first-order valence-electron chi connectivity index (χ1n) is 8.95. The van der Waals surface area contributed by atoms with E-state index in [1.807, 2.05) is 0 Å². The third-order valence-electron chi connectivity index (χ3n) is 5.63. The molecule has 2 aliphatic rings. The van der Waals surface area contributed by atoms with Crippen molar-refractivity contribution in [1.29, 1.82) is 0 Å². The van der Waals surface area contributed by atoms with Gasteiger partial charge in [-0.1, -0.05) is 24.9 Å². The van der Waals surface area contributed by atoms with Crippen LogP contribution >= 0.6 is 11.6 Å². The van der Waals surface area contributed by atoms with Gasteiger partial charge in [-0.25, -0.2) is 27.3 Å². The van der Waals surface area contributed by atoms with Gasteiger partial charge in [0.15, 0.2) is 5.15 Å². The molecule has 0 amide bonds. The van der Waals surface area contributed by atoms with E-state index in [0.717, 1.165) is 35.6 Å². The Morgan fingerprint density at radius 2 is 2.15 bits per heavy atom. The molecule has 1 aliphatic heterocycles. The normalized spacial score (nSPS) is 26.1. The highest BCUT2D eigenvalue weighted by atomic mass is 35.5. The lowest BCUT2D eigenvalue weighted by Gasteiger charge is -2.36. The van der Waals surface area contributed by atoms with Crippen molar-refractivity contribution >= 4 is 33.1 Å². The number of rotatable bonds is 4. The minimum atomic E-state index is -3.39. The van der Waals surface area contributed by atoms with E-state index in [0.29, 0.717) is 17.1 Å². The van der Waals surface area contributed by atoms with Gasteiger partial charge < -0.3 is 5.32 Å². The Hall–Kier alpha value is -1.52. The number of alkyl halides is 1. The SMILES string of the molecule is CC1(c2nc(Cl)c3cnc(N[C@@H]4CCN(S(C)(=O)=O)C[C@H]4F)nn23)CCC1. The fourth-order valence-corrected chi connectivity index (χ4v) is 4.80. The van der Waals surface area contributed by atoms with Crippen LogP contribution in [0.15, 0.2) is 6.20 Å². The van der Waals surface area contributed by atoms with Gasteiger partial charge >= 0.3 is 0 Å². The van der Waals surface area contributed by atoms with E-state index in [-0.39, 0.29) is 24.5 Å². The number of imidazole rings is 1. The monoisotopic (exact) mass is 416 g/mol. The molecule has 27 heavy (non-hydrogen) atoms. The van der Waals surface area contributed by atoms with E-state index in [4.69, 9.17) is 11.6 Å². The summed E-state index contributed by atoms with van der Waals surface area (Å²) in [6.07, 6.45) is 4.84. The fraction of sp³-hybridized carbons (Fsp3) is 0.688. The number of anilines is 1. The number of nitrogens with zero attached hydrogens (tertiary/aromatic N) is 5. The van der Waals surface area contributed by atoms with Crippen LogP contribution in [-0.4, -0.2) is 63.9 Å². The summed E-state index contributed by atoms with van der Waals surface area (Å²) in [4.78, 5) is 8.71. The summed E-state index contributed by atoms with van der Waals surface area (Å²) in [5.74, 6) is 1.07. The molecule has 0 aromatic carbocycles. The summed E-state index contributed by atoms with van der Waals surface area (Å²) in [5, 5.41) is 7.85. The Bertz CT molecular complexity index is 977. The minimum absolute atomic E-state index is 0.0644. The van der Waals surface area contributed by atoms with E-state index < -0.39 is 22.2 Å². The molecule has 148 valence electrons. The number of aromatic nitrogens is 4. The Kier molecular flexibility index (Phi) is 4.55. The Balaban J connectivity index is 1.57. The van der Waals surface area contributed by atoms with E-state index in [9.17, 15) is 12.8 Å². The molecular weight excluding hydrogens is 395 g/mol. The van der Waals surface area contributed by atoms with Crippen molar-refractivity contribution in [2.75, 3.05) is 24.7 Å². The zero-order valence-electron chi connectivity index (χ0n) is 15.2. The molecule has 1 aliphatic carbocycles. The maximum absolute atomic E-state index is 14.5. The average molecular weight is 417 g/mol. The van der Waals surface area contributed by atoms with Crippen molar-refractivity contribution < 1.29 is 12.8 Å². The highest BCUT2D eigenvalue weighted by Crippen LogP contribution is 2.43. The highest BCUT2D eigenvalue weighted by molar-refractivity contribution is 7.88. The second-order valence-electron chi connectivity index (χ2n) is 7.70. The topological polar surface area (TPSA) is 92.5 Å². The third-order valence-corrected chi connectivity index (χ3v) is 7.18. The summed E-state index contributed by atoms with van der Waals surface area (Å²) in [7, 11) is -3.39. The summed E-state index contributed by atoms with van der Waals surface area (Å²) in [6.45, 7) is 2.23. The second-order valence-corrected chi connectivity index (χ2v) is 10.0. The van der Waals surface area contributed by atoms with Crippen LogP contribution < -0.4 is 5.32 Å². The lowest BCUT2D eigenvalue weighted by molar-refractivity contribution is 0.186. The maximum Gasteiger partial charge on any atom is 0.241 e. The quantitative estimate of drug-likeness (QED) is 0.819. The summed E-state index contributed by atoms with van der Waals surface area (Å²) in [5.41, 5.74) is 0.555. The maximum atomic E-state index is 14.5. The van der Waals surface area contributed by atoms with Gasteiger partial charge in [-0.2, -0.15) is 4.31 Å². The van der Waals surface area contributed by atoms with Gasteiger partial charge in [0.25, 0.3) is 0 Å². The smallest absolute Gasteiger partial charge is 0.241 e. The summed E-state index contributed by atoms with van der Waals surface area (Å²) >= 11 is 6.24. The fourth-order valence-electron chi connectivity index (χ4n) is 3.75. The van der Waals surface area contributed by atoms with Crippen LogP contribution in [0, 0.1) is 0 Å². The van der Waals surface area contributed by atoms with Crippen molar-refractivity contribution in [3.8, 4) is 0 Å². The van der Waals surface area contributed by atoms with Gasteiger partial charge in [0.2, 0.25) is 16.0 Å². The van der Waals surface area contributed by atoms with Crippen molar-refractivity contribution in [3.05, 3.63) is 17.2 Å². The predicted molar refractivity (Wildman–Crippen MR) is 100 cm³/mol. The number of halogens is 2. The predicted octanol–water partition coefficient (Wildman–Crippen LogP) is 2.00. The van der Waals surface area contributed by atoms with Gasteiger partial charge in [-0.05, 0) is 19.3 Å². The van der Waals surface area contributed by atoms with Crippen molar-refractivity contribution in [3.63, 3.8) is 0 Å². The lowest BCUT2D eigenvalue weighted by Crippen LogP contribution is -2.49. The molecule has 4 rings (SSSR count). The standard InChI is InChI=1S/C16H22ClFN6O2S/c1-16(5-3-6-16)14-21-13(17)12-8-19-15(22-24(12)14)20-11-4-7-23(9-10(11)18)27(2,25)26/h8,10-11H,3-7,9H2,1-2H3,(H,20,22)/t10-,11-/m1/s1. The lowest BCUT2D eigenvalue weighted by atomic mass is 9.70. The molecule has 0 radical (unpaired) electrons. The molecule has 0 unspecified atom stereocenters.